The smallest absolute Gasteiger partial charge is 0.165 e. The molecule has 0 fully saturated rings. The summed E-state index contributed by atoms with van der Waals surface area (Å²) in [4.78, 5) is 0. The minimum atomic E-state index is -0.898. The Hall–Kier alpha value is -2.14. The molecule has 2 aromatic rings. The summed E-state index contributed by atoms with van der Waals surface area (Å²) in [5.74, 6) is -0.710. The Morgan fingerprint density at radius 3 is 2.33 bits per heavy atom. The highest BCUT2D eigenvalue weighted by Gasteiger charge is 2.26. The molecule has 3 nitrogen and oxygen atoms in total. The molecule has 21 heavy (non-hydrogen) atoms. The number of benzene rings is 2. The number of methoxy groups -OCH3 is 1. The molecule has 0 amide bonds. The summed E-state index contributed by atoms with van der Waals surface area (Å²) in [6.07, 6.45) is 0. The Bertz CT molecular complexity index is 616. The Kier molecular flexibility index (Phi) is 4.43. The minimum absolute atomic E-state index is 0.140. The largest absolute Gasteiger partial charge is 0.494 e. The van der Waals surface area contributed by atoms with Gasteiger partial charge < -0.3 is 15.2 Å². The molecule has 0 saturated carbocycles. The van der Waals surface area contributed by atoms with Crippen molar-refractivity contribution in [1.29, 1.82) is 0 Å². The van der Waals surface area contributed by atoms with Gasteiger partial charge in [-0.1, -0.05) is 6.07 Å². The Morgan fingerprint density at radius 2 is 1.81 bits per heavy atom. The molecule has 0 saturated heterocycles. The van der Waals surface area contributed by atoms with Crippen LogP contribution in [0.4, 0.5) is 14.5 Å². The summed E-state index contributed by atoms with van der Waals surface area (Å²) in [6, 6.07) is 10.2. The van der Waals surface area contributed by atoms with Gasteiger partial charge in [0.1, 0.15) is 5.82 Å². The molecule has 0 spiro atoms. The van der Waals surface area contributed by atoms with Gasteiger partial charge in [-0.25, -0.2) is 8.78 Å². The lowest BCUT2D eigenvalue weighted by molar-refractivity contribution is 0.223. The van der Waals surface area contributed by atoms with E-state index in [4.69, 9.17) is 4.74 Å². The molecule has 0 radical (unpaired) electrons. The van der Waals surface area contributed by atoms with Crippen LogP contribution in [0.3, 0.4) is 0 Å². The topological polar surface area (TPSA) is 41.5 Å². The number of nitrogens with one attached hydrogen (secondary N) is 1. The van der Waals surface area contributed by atoms with Crippen LogP contribution in [0.15, 0.2) is 42.5 Å². The van der Waals surface area contributed by atoms with Crippen LogP contribution in [0, 0.1) is 11.6 Å². The average Bonchev–Trinajstić information content (AvgIpc) is 2.49. The van der Waals surface area contributed by atoms with Gasteiger partial charge >= 0.3 is 0 Å². The predicted octanol–water partition coefficient (Wildman–Crippen LogP) is 3.29. The van der Waals surface area contributed by atoms with Crippen molar-refractivity contribution < 1.29 is 18.6 Å². The summed E-state index contributed by atoms with van der Waals surface area (Å²) in [7, 11) is 1.39. The Labute approximate surface area is 122 Å². The molecule has 0 bridgehead atoms. The van der Waals surface area contributed by atoms with Crippen molar-refractivity contribution in [2.24, 2.45) is 0 Å². The molecule has 2 N–H and O–H groups in total. The lowest BCUT2D eigenvalue weighted by Crippen LogP contribution is -2.36. The molecule has 0 heterocycles. The summed E-state index contributed by atoms with van der Waals surface area (Å²) in [6.45, 7) is 1.48. The molecule has 0 aliphatic carbocycles. The molecule has 1 unspecified atom stereocenters. The summed E-state index contributed by atoms with van der Waals surface area (Å²) in [5.41, 5.74) is 0.294. The minimum Gasteiger partial charge on any atom is -0.494 e. The fraction of sp³-hybridized carbons (Fsp3) is 0.250. The summed E-state index contributed by atoms with van der Waals surface area (Å²) < 4.78 is 31.6. The first kappa shape index (κ1) is 15.3. The maximum atomic E-state index is 13.8. The monoisotopic (exact) mass is 293 g/mol. The first-order chi connectivity index (χ1) is 9.98. The highest BCUT2D eigenvalue weighted by atomic mass is 19.1. The van der Waals surface area contributed by atoms with Crippen molar-refractivity contribution in [3.8, 4) is 5.75 Å². The number of anilines is 1. The van der Waals surface area contributed by atoms with Crippen molar-refractivity contribution in [2.75, 3.05) is 19.0 Å². The fourth-order valence-corrected chi connectivity index (χ4v) is 2.06. The van der Waals surface area contributed by atoms with Crippen LogP contribution < -0.4 is 10.1 Å². The molecule has 0 aromatic heterocycles. The van der Waals surface area contributed by atoms with E-state index in [2.05, 4.69) is 5.32 Å². The van der Waals surface area contributed by atoms with Crippen LogP contribution >= 0.6 is 0 Å². The third-order valence-electron chi connectivity index (χ3n) is 3.37. The first-order valence-corrected chi connectivity index (χ1v) is 6.47. The molecule has 112 valence electrons. The highest BCUT2D eigenvalue weighted by Crippen LogP contribution is 2.29. The van der Waals surface area contributed by atoms with E-state index in [1.165, 1.54) is 31.4 Å². The van der Waals surface area contributed by atoms with E-state index >= 15 is 0 Å². The molecule has 2 aromatic carbocycles. The summed E-state index contributed by atoms with van der Waals surface area (Å²) >= 11 is 0. The van der Waals surface area contributed by atoms with E-state index in [9.17, 15) is 13.9 Å². The standard InChI is InChI=1S/C16H17F2NO2/c1-16(10-20,19-13-6-4-12(17)5-7-13)11-3-8-15(21-2)14(18)9-11/h3-9,19-20H,10H2,1-2H3. The second-order valence-electron chi connectivity index (χ2n) is 4.97. The quantitative estimate of drug-likeness (QED) is 0.889. The molecular weight excluding hydrogens is 276 g/mol. The van der Waals surface area contributed by atoms with Gasteiger partial charge in [0.2, 0.25) is 0 Å². The number of ether oxygens (including phenoxy) is 1. The summed E-state index contributed by atoms with van der Waals surface area (Å²) in [5, 5.41) is 12.8. The molecule has 0 aliphatic heterocycles. The van der Waals surface area contributed by atoms with Gasteiger partial charge in [-0.15, -0.1) is 0 Å². The van der Waals surface area contributed by atoms with Gasteiger partial charge in [0, 0.05) is 5.69 Å². The van der Waals surface area contributed by atoms with E-state index in [1.807, 2.05) is 0 Å². The average molecular weight is 293 g/mol. The number of rotatable bonds is 5. The SMILES string of the molecule is COc1ccc(C(C)(CO)Nc2ccc(F)cc2)cc1F. The van der Waals surface area contributed by atoms with Gasteiger partial charge in [-0.05, 0) is 48.9 Å². The number of halogens is 2. The van der Waals surface area contributed by atoms with E-state index in [-0.39, 0.29) is 18.2 Å². The van der Waals surface area contributed by atoms with Gasteiger partial charge in [0.25, 0.3) is 0 Å². The van der Waals surface area contributed by atoms with Gasteiger partial charge in [0.05, 0.1) is 19.3 Å². The van der Waals surface area contributed by atoms with Crippen LogP contribution in [-0.4, -0.2) is 18.8 Å². The van der Waals surface area contributed by atoms with Crippen molar-refractivity contribution >= 4 is 5.69 Å². The lowest BCUT2D eigenvalue weighted by Gasteiger charge is -2.30. The van der Waals surface area contributed by atoms with Gasteiger partial charge in [-0.3, -0.25) is 0 Å². The van der Waals surface area contributed by atoms with Crippen LogP contribution in [0.5, 0.6) is 5.75 Å². The second kappa shape index (κ2) is 6.10. The zero-order chi connectivity index (χ0) is 15.5. The maximum absolute atomic E-state index is 13.8. The lowest BCUT2D eigenvalue weighted by atomic mass is 9.92. The number of aliphatic hydroxyl groups excluding tert-OH is 1. The molecule has 0 aliphatic rings. The maximum Gasteiger partial charge on any atom is 0.165 e. The first-order valence-electron chi connectivity index (χ1n) is 6.47. The zero-order valence-electron chi connectivity index (χ0n) is 11.9. The van der Waals surface area contributed by atoms with Crippen LogP contribution in [0.2, 0.25) is 0 Å². The van der Waals surface area contributed by atoms with Crippen molar-refractivity contribution in [2.45, 2.75) is 12.5 Å². The van der Waals surface area contributed by atoms with E-state index < -0.39 is 11.4 Å². The van der Waals surface area contributed by atoms with Crippen molar-refractivity contribution in [3.63, 3.8) is 0 Å². The predicted molar refractivity (Wildman–Crippen MR) is 77.4 cm³/mol. The molecule has 5 heteroatoms. The highest BCUT2D eigenvalue weighted by molar-refractivity contribution is 5.48. The normalized spacial score (nSPS) is 13.6. The second-order valence-corrected chi connectivity index (χ2v) is 4.97. The molecule has 1 atom stereocenters. The third kappa shape index (κ3) is 3.31. The van der Waals surface area contributed by atoms with Crippen LogP contribution in [0.25, 0.3) is 0 Å². The van der Waals surface area contributed by atoms with Crippen LogP contribution in [0.1, 0.15) is 12.5 Å². The Morgan fingerprint density at radius 1 is 1.14 bits per heavy atom. The van der Waals surface area contributed by atoms with E-state index in [0.717, 1.165) is 0 Å². The van der Waals surface area contributed by atoms with E-state index in [1.54, 1.807) is 25.1 Å². The molecule has 2 rings (SSSR count). The van der Waals surface area contributed by atoms with Gasteiger partial charge in [-0.2, -0.15) is 0 Å². The van der Waals surface area contributed by atoms with Crippen molar-refractivity contribution in [1.82, 2.24) is 0 Å². The third-order valence-corrected chi connectivity index (χ3v) is 3.37. The van der Waals surface area contributed by atoms with Crippen LogP contribution in [-0.2, 0) is 5.54 Å². The number of aliphatic hydroxyl groups is 1. The fourth-order valence-electron chi connectivity index (χ4n) is 2.06. The number of hydrogen-bond donors (Lipinski definition) is 2. The van der Waals surface area contributed by atoms with Gasteiger partial charge in [0.15, 0.2) is 11.6 Å². The zero-order valence-corrected chi connectivity index (χ0v) is 11.9. The number of hydrogen-bond acceptors (Lipinski definition) is 3. The van der Waals surface area contributed by atoms with E-state index in [0.29, 0.717) is 11.3 Å². The Balaban J connectivity index is 2.31. The molecular formula is C16H17F2NO2. The van der Waals surface area contributed by atoms with Crippen molar-refractivity contribution in [3.05, 3.63) is 59.7 Å².